The molecule has 0 aliphatic carbocycles. The van der Waals surface area contributed by atoms with Crippen LogP contribution in [-0.2, 0) is 65.4 Å². The van der Waals surface area contributed by atoms with E-state index in [1.165, 1.54) is 212 Å². The summed E-state index contributed by atoms with van der Waals surface area (Å²) >= 11 is 0. The standard InChI is InChI=1S/C81H158O17P2/c1-9-73(7)59-51-43-35-31-32-38-48-56-64-81(86)98-77(68-92-79(84)62-54-46-40-39-44-52-60-74(8)10-2)70-96-100(89,90)94-66-75(82)65-93-99(87,88)95-69-76(67-91-78(83)61-53-45-36-29-25-21-18-17-20-24-28-34-42-50-58-72(5)6)97-80(85)63-55-47-37-30-26-22-16-14-12-11-13-15-19-23-27-33-41-49-57-71(3)4/h71-77,82H,9-70H2,1-8H3,(H,87,88)(H,89,90)/t73?,74?,75-,76-,77-/m1/s1. The van der Waals surface area contributed by atoms with E-state index in [-0.39, 0.29) is 25.7 Å². The van der Waals surface area contributed by atoms with Crippen LogP contribution in [-0.4, -0.2) is 96.7 Å². The Morgan fingerprint density at radius 3 is 0.710 bits per heavy atom. The molecule has 7 atom stereocenters. The number of aliphatic hydroxyl groups excluding tert-OH is 1. The average molecular weight is 1470 g/mol. The van der Waals surface area contributed by atoms with Gasteiger partial charge >= 0.3 is 39.5 Å². The molecular weight excluding hydrogens is 1310 g/mol. The maximum Gasteiger partial charge on any atom is 0.472 e. The molecule has 0 heterocycles. The molecule has 19 heteroatoms. The van der Waals surface area contributed by atoms with Crippen LogP contribution in [0.15, 0.2) is 0 Å². The number of hydrogen-bond acceptors (Lipinski definition) is 15. The fraction of sp³-hybridized carbons (Fsp3) is 0.951. The lowest BCUT2D eigenvalue weighted by Gasteiger charge is -2.21. The topological polar surface area (TPSA) is 237 Å². The fourth-order valence-electron chi connectivity index (χ4n) is 12.4. The first-order valence-electron chi connectivity index (χ1n) is 41.8. The third kappa shape index (κ3) is 71.7. The molecule has 0 bridgehead atoms. The van der Waals surface area contributed by atoms with Gasteiger partial charge in [0.25, 0.3) is 0 Å². The van der Waals surface area contributed by atoms with E-state index in [1.54, 1.807) is 0 Å². The van der Waals surface area contributed by atoms with Crippen molar-refractivity contribution in [2.45, 2.75) is 433 Å². The summed E-state index contributed by atoms with van der Waals surface area (Å²) in [6.07, 6.45) is 57.0. The normalized spacial score (nSPS) is 14.6. The van der Waals surface area contributed by atoms with Crippen LogP contribution in [0, 0.1) is 23.7 Å². The second kappa shape index (κ2) is 70.1. The first-order valence-corrected chi connectivity index (χ1v) is 44.8. The van der Waals surface area contributed by atoms with Crippen molar-refractivity contribution in [2.75, 3.05) is 39.6 Å². The van der Waals surface area contributed by atoms with Crippen molar-refractivity contribution in [1.82, 2.24) is 0 Å². The van der Waals surface area contributed by atoms with Crippen LogP contribution >= 0.6 is 15.6 Å². The van der Waals surface area contributed by atoms with Gasteiger partial charge in [0.05, 0.1) is 26.4 Å². The second-order valence-electron chi connectivity index (χ2n) is 30.6. The van der Waals surface area contributed by atoms with Crippen LogP contribution in [0.2, 0.25) is 0 Å². The number of phosphoric ester groups is 2. The van der Waals surface area contributed by atoms with Crippen LogP contribution in [0.5, 0.6) is 0 Å². The number of aliphatic hydroxyl groups is 1. The van der Waals surface area contributed by atoms with Gasteiger partial charge in [-0.05, 0) is 49.4 Å². The van der Waals surface area contributed by atoms with Crippen molar-refractivity contribution in [3.05, 3.63) is 0 Å². The molecule has 17 nitrogen and oxygen atoms in total. The molecule has 0 saturated heterocycles. The van der Waals surface area contributed by atoms with Gasteiger partial charge in [0.15, 0.2) is 12.2 Å². The number of unbranched alkanes of at least 4 members (excludes halogenated alkanes) is 42. The number of hydrogen-bond donors (Lipinski definition) is 3. The summed E-state index contributed by atoms with van der Waals surface area (Å²) in [5, 5.41) is 10.6. The first-order chi connectivity index (χ1) is 48.2. The van der Waals surface area contributed by atoms with Crippen LogP contribution in [0.1, 0.15) is 415 Å². The molecule has 0 rings (SSSR count). The monoisotopic (exact) mass is 1470 g/mol. The van der Waals surface area contributed by atoms with E-state index in [0.717, 1.165) is 120 Å². The molecule has 0 amide bonds. The highest BCUT2D eigenvalue weighted by atomic mass is 31.2. The number of phosphoric acid groups is 2. The maximum atomic E-state index is 13.1. The van der Waals surface area contributed by atoms with Gasteiger partial charge in [0, 0.05) is 25.7 Å². The molecule has 100 heavy (non-hydrogen) atoms. The highest BCUT2D eigenvalue weighted by Gasteiger charge is 2.30. The van der Waals surface area contributed by atoms with Gasteiger partial charge in [-0.25, -0.2) is 9.13 Å². The molecule has 594 valence electrons. The zero-order valence-corrected chi connectivity index (χ0v) is 67.6. The molecule has 4 unspecified atom stereocenters. The fourth-order valence-corrected chi connectivity index (χ4v) is 13.9. The average Bonchev–Trinajstić information content (AvgIpc) is 0.944. The zero-order chi connectivity index (χ0) is 73.8. The van der Waals surface area contributed by atoms with Gasteiger partial charge < -0.3 is 33.8 Å². The summed E-state index contributed by atoms with van der Waals surface area (Å²) in [6.45, 7) is 14.3. The Balaban J connectivity index is 5.23. The Morgan fingerprint density at radius 2 is 0.480 bits per heavy atom. The summed E-state index contributed by atoms with van der Waals surface area (Å²) in [6, 6.07) is 0. The Bertz CT molecular complexity index is 1960. The first kappa shape index (κ1) is 98.1. The molecule has 0 saturated carbocycles. The Kier molecular flexibility index (Phi) is 68.7. The summed E-state index contributed by atoms with van der Waals surface area (Å²) in [5.74, 6) is 1.00. The van der Waals surface area contributed by atoms with Crippen LogP contribution in [0.25, 0.3) is 0 Å². The molecule has 0 aromatic heterocycles. The maximum absolute atomic E-state index is 13.1. The van der Waals surface area contributed by atoms with E-state index < -0.39 is 97.5 Å². The minimum Gasteiger partial charge on any atom is -0.462 e. The third-order valence-corrected chi connectivity index (χ3v) is 21.4. The highest BCUT2D eigenvalue weighted by Crippen LogP contribution is 2.45. The SMILES string of the molecule is CCC(C)CCCCCCCCCCC(=O)O[C@H](COC(=O)CCCCCCCCC(C)CC)COP(=O)(O)OC[C@H](O)COP(=O)(O)OC[C@@H](COC(=O)CCCCCCCCCCCCCCCCC(C)C)OC(=O)CCCCCCCCCCCCCCCCCCCCC(C)C. The van der Waals surface area contributed by atoms with Gasteiger partial charge in [-0.3, -0.25) is 37.3 Å². The van der Waals surface area contributed by atoms with Gasteiger partial charge in [0.1, 0.15) is 19.3 Å². The van der Waals surface area contributed by atoms with E-state index in [4.69, 9.17) is 37.0 Å². The van der Waals surface area contributed by atoms with E-state index >= 15 is 0 Å². The van der Waals surface area contributed by atoms with Crippen molar-refractivity contribution < 1.29 is 80.2 Å². The number of ether oxygens (including phenoxy) is 4. The van der Waals surface area contributed by atoms with Gasteiger partial charge in [-0.2, -0.15) is 0 Å². The number of carbonyl (C=O) groups excluding carboxylic acids is 4. The van der Waals surface area contributed by atoms with Crippen LogP contribution in [0.3, 0.4) is 0 Å². The lowest BCUT2D eigenvalue weighted by molar-refractivity contribution is -0.161. The lowest BCUT2D eigenvalue weighted by Crippen LogP contribution is -2.30. The Morgan fingerprint density at radius 1 is 0.280 bits per heavy atom. The molecule has 3 N–H and O–H groups in total. The number of carbonyl (C=O) groups is 4. The van der Waals surface area contributed by atoms with Crippen molar-refractivity contribution >= 4 is 39.5 Å². The number of rotatable bonds is 78. The minimum absolute atomic E-state index is 0.104. The molecule has 0 fully saturated rings. The van der Waals surface area contributed by atoms with Crippen molar-refractivity contribution in [2.24, 2.45) is 23.7 Å². The Labute approximate surface area is 613 Å². The highest BCUT2D eigenvalue weighted by molar-refractivity contribution is 7.47. The van der Waals surface area contributed by atoms with E-state index in [0.29, 0.717) is 25.7 Å². The predicted molar refractivity (Wildman–Crippen MR) is 409 cm³/mol. The van der Waals surface area contributed by atoms with Gasteiger partial charge in [-0.1, -0.05) is 364 Å². The van der Waals surface area contributed by atoms with Gasteiger partial charge in [-0.15, -0.1) is 0 Å². The molecule has 0 aliphatic heterocycles. The number of esters is 4. The zero-order valence-electron chi connectivity index (χ0n) is 65.8. The van der Waals surface area contributed by atoms with E-state index in [9.17, 15) is 43.2 Å². The molecular formula is C81H158O17P2. The molecule has 0 aromatic carbocycles. The lowest BCUT2D eigenvalue weighted by atomic mass is 9.99. The molecule has 0 aliphatic rings. The van der Waals surface area contributed by atoms with E-state index in [1.807, 2.05) is 0 Å². The smallest absolute Gasteiger partial charge is 0.462 e. The largest absolute Gasteiger partial charge is 0.472 e. The van der Waals surface area contributed by atoms with Gasteiger partial charge in [0.2, 0.25) is 0 Å². The van der Waals surface area contributed by atoms with Crippen LogP contribution < -0.4 is 0 Å². The van der Waals surface area contributed by atoms with Crippen molar-refractivity contribution in [3.8, 4) is 0 Å². The van der Waals surface area contributed by atoms with Crippen molar-refractivity contribution in [1.29, 1.82) is 0 Å². The van der Waals surface area contributed by atoms with Crippen LogP contribution in [0.4, 0.5) is 0 Å². The summed E-state index contributed by atoms with van der Waals surface area (Å²) in [7, 11) is -9.92. The molecule has 0 spiro atoms. The summed E-state index contributed by atoms with van der Waals surface area (Å²) in [4.78, 5) is 73.0. The molecule has 0 aromatic rings. The summed E-state index contributed by atoms with van der Waals surface area (Å²) < 4.78 is 68.7. The Hall–Kier alpha value is -1.94. The molecule has 0 radical (unpaired) electrons. The quantitative estimate of drug-likeness (QED) is 0.0222. The van der Waals surface area contributed by atoms with E-state index in [2.05, 4.69) is 55.4 Å². The minimum atomic E-state index is -4.96. The predicted octanol–water partition coefficient (Wildman–Crippen LogP) is 24.0. The summed E-state index contributed by atoms with van der Waals surface area (Å²) in [5.41, 5.74) is 0. The second-order valence-corrected chi connectivity index (χ2v) is 33.5. The van der Waals surface area contributed by atoms with Crippen molar-refractivity contribution in [3.63, 3.8) is 0 Å². The third-order valence-electron chi connectivity index (χ3n) is 19.5.